The molecule has 1 aromatic rings. The normalized spacial score (nSPS) is 11.1. The summed E-state index contributed by atoms with van der Waals surface area (Å²) in [5, 5.41) is 4.19. The monoisotopic (exact) mass is 283 g/mol. The van der Waals surface area contributed by atoms with Gasteiger partial charge in [0.05, 0.1) is 18.0 Å². The SMILES string of the molecule is CCn1nc(C)c(N)c1C(=O)OCCOCCC(C)C. The van der Waals surface area contributed by atoms with Crippen molar-refractivity contribution in [1.82, 2.24) is 9.78 Å². The molecular weight excluding hydrogens is 258 g/mol. The molecule has 0 aliphatic heterocycles. The molecule has 0 aliphatic carbocycles. The summed E-state index contributed by atoms with van der Waals surface area (Å²) >= 11 is 0. The molecule has 0 bridgehead atoms. The average Bonchev–Trinajstić information content (AvgIpc) is 2.69. The third kappa shape index (κ3) is 4.52. The van der Waals surface area contributed by atoms with Gasteiger partial charge in [-0.05, 0) is 26.2 Å². The van der Waals surface area contributed by atoms with Crippen LogP contribution in [0.3, 0.4) is 0 Å². The second-order valence-corrected chi connectivity index (χ2v) is 5.09. The molecule has 0 fully saturated rings. The Labute approximate surface area is 120 Å². The van der Waals surface area contributed by atoms with E-state index in [1.54, 1.807) is 11.6 Å². The number of hydrogen-bond acceptors (Lipinski definition) is 5. The third-order valence-electron chi connectivity index (χ3n) is 2.97. The Hall–Kier alpha value is -1.56. The van der Waals surface area contributed by atoms with Crippen molar-refractivity contribution >= 4 is 11.7 Å². The van der Waals surface area contributed by atoms with Crippen LogP contribution in [0.2, 0.25) is 0 Å². The van der Waals surface area contributed by atoms with Gasteiger partial charge in [-0.15, -0.1) is 0 Å². The summed E-state index contributed by atoms with van der Waals surface area (Å²) in [5.74, 6) is 0.164. The Balaban J connectivity index is 2.40. The standard InChI is InChI=1S/C14H25N3O3/c1-5-17-13(12(15)11(4)16-17)14(18)20-9-8-19-7-6-10(2)3/h10H,5-9,15H2,1-4H3. The second-order valence-electron chi connectivity index (χ2n) is 5.09. The van der Waals surface area contributed by atoms with Gasteiger partial charge in [-0.2, -0.15) is 5.10 Å². The van der Waals surface area contributed by atoms with Gasteiger partial charge < -0.3 is 15.2 Å². The predicted molar refractivity (Wildman–Crippen MR) is 77.6 cm³/mol. The molecule has 20 heavy (non-hydrogen) atoms. The van der Waals surface area contributed by atoms with Crippen molar-refractivity contribution in [3.05, 3.63) is 11.4 Å². The molecule has 6 nitrogen and oxygen atoms in total. The molecule has 0 spiro atoms. The molecule has 114 valence electrons. The first-order valence-electron chi connectivity index (χ1n) is 7.05. The number of hydrogen-bond donors (Lipinski definition) is 1. The van der Waals surface area contributed by atoms with Crippen molar-refractivity contribution in [3.8, 4) is 0 Å². The third-order valence-corrected chi connectivity index (χ3v) is 2.97. The molecule has 0 aliphatic rings. The van der Waals surface area contributed by atoms with Crippen LogP contribution in [0.5, 0.6) is 0 Å². The summed E-state index contributed by atoms with van der Waals surface area (Å²) in [6.45, 7) is 9.84. The van der Waals surface area contributed by atoms with Crippen molar-refractivity contribution in [2.75, 3.05) is 25.6 Å². The van der Waals surface area contributed by atoms with E-state index in [1.807, 2.05) is 6.92 Å². The lowest BCUT2D eigenvalue weighted by Crippen LogP contribution is -2.17. The van der Waals surface area contributed by atoms with E-state index in [-0.39, 0.29) is 6.61 Å². The molecule has 6 heteroatoms. The van der Waals surface area contributed by atoms with Crippen LogP contribution in [-0.4, -0.2) is 35.6 Å². The number of rotatable bonds is 8. The summed E-state index contributed by atoms with van der Waals surface area (Å²) < 4.78 is 12.1. The van der Waals surface area contributed by atoms with Crippen LogP contribution in [0.1, 0.15) is 43.4 Å². The highest BCUT2D eigenvalue weighted by atomic mass is 16.6. The molecule has 0 amide bonds. The number of nitrogen functional groups attached to an aromatic ring is 1. The lowest BCUT2D eigenvalue weighted by molar-refractivity contribution is 0.0293. The van der Waals surface area contributed by atoms with Crippen LogP contribution < -0.4 is 5.73 Å². The highest BCUT2D eigenvalue weighted by Crippen LogP contribution is 2.17. The number of aromatic nitrogens is 2. The minimum Gasteiger partial charge on any atom is -0.458 e. The zero-order valence-electron chi connectivity index (χ0n) is 12.8. The Bertz CT molecular complexity index is 441. The van der Waals surface area contributed by atoms with Gasteiger partial charge in [-0.1, -0.05) is 13.8 Å². The molecule has 1 rings (SSSR count). The highest BCUT2D eigenvalue weighted by Gasteiger charge is 2.20. The molecule has 0 atom stereocenters. The fourth-order valence-corrected chi connectivity index (χ4v) is 1.72. The molecule has 0 unspecified atom stereocenters. The van der Waals surface area contributed by atoms with E-state index < -0.39 is 5.97 Å². The van der Waals surface area contributed by atoms with Gasteiger partial charge in [0.1, 0.15) is 6.61 Å². The zero-order chi connectivity index (χ0) is 15.1. The maximum absolute atomic E-state index is 12.0. The number of ether oxygens (including phenoxy) is 2. The Morgan fingerprint density at radius 1 is 1.35 bits per heavy atom. The lowest BCUT2D eigenvalue weighted by atomic mass is 10.1. The first-order chi connectivity index (χ1) is 9.47. The minimum absolute atomic E-state index is 0.226. The highest BCUT2D eigenvalue weighted by molar-refractivity contribution is 5.93. The maximum Gasteiger partial charge on any atom is 0.358 e. The lowest BCUT2D eigenvalue weighted by Gasteiger charge is -2.08. The Kier molecular flexibility index (Phi) is 6.51. The Morgan fingerprint density at radius 3 is 2.65 bits per heavy atom. The topological polar surface area (TPSA) is 79.4 Å². The summed E-state index contributed by atoms with van der Waals surface area (Å²) in [7, 11) is 0. The zero-order valence-corrected chi connectivity index (χ0v) is 12.8. The number of nitrogens with two attached hydrogens (primary N) is 1. The first-order valence-corrected chi connectivity index (χ1v) is 7.05. The van der Waals surface area contributed by atoms with Gasteiger partial charge in [0.15, 0.2) is 5.69 Å². The van der Waals surface area contributed by atoms with Crippen molar-refractivity contribution in [2.45, 2.75) is 40.7 Å². The molecule has 2 N–H and O–H groups in total. The van der Waals surface area contributed by atoms with Crippen LogP contribution in [0.25, 0.3) is 0 Å². The smallest absolute Gasteiger partial charge is 0.358 e. The number of carbonyl (C=O) groups is 1. The summed E-state index contributed by atoms with van der Waals surface area (Å²) in [4.78, 5) is 12.0. The van der Waals surface area contributed by atoms with Gasteiger partial charge in [0.2, 0.25) is 0 Å². The van der Waals surface area contributed by atoms with Crippen LogP contribution in [0, 0.1) is 12.8 Å². The average molecular weight is 283 g/mol. The van der Waals surface area contributed by atoms with Crippen molar-refractivity contribution in [3.63, 3.8) is 0 Å². The fourth-order valence-electron chi connectivity index (χ4n) is 1.72. The number of carbonyl (C=O) groups excluding carboxylic acids is 1. The van der Waals surface area contributed by atoms with Crippen molar-refractivity contribution in [1.29, 1.82) is 0 Å². The number of nitrogens with zero attached hydrogens (tertiary/aromatic N) is 2. The van der Waals surface area contributed by atoms with Gasteiger partial charge in [-0.3, -0.25) is 4.68 Å². The molecule has 0 saturated heterocycles. The van der Waals surface area contributed by atoms with Crippen LogP contribution >= 0.6 is 0 Å². The number of aryl methyl sites for hydroxylation is 2. The van der Waals surface area contributed by atoms with E-state index in [9.17, 15) is 4.79 Å². The van der Waals surface area contributed by atoms with E-state index in [1.165, 1.54) is 0 Å². The van der Waals surface area contributed by atoms with Crippen LogP contribution in [-0.2, 0) is 16.0 Å². The molecule has 1 aromatic heterocycles. The van der Waals surface area contributed by atoms with Crippen molar-refractivity contribution < 1.29 is 14.3 Å². The summed E-state index contributed by atoms with van der Waals surface area (Å²) in [5.41, 5.74) is 7.21. The number of esters is 1. The molecule has 0 saturated carbocycles. The molecule has 0 radical (unpaired) electrons. The number of anilines is 1. The van der Waals surface area contributed by atoms with E-state index in [4.69, 9.17) is 15.2 Å². The first kappa shape index (κ1) is 16.5. The molecular formula is C14H25N3O3. The molecule has 1 heterocycles. The largest absolute Gasteiger partial charge is 0.458 e. The van der Waals surface area contributed by atoms with Crippen LogP contribution in [0.4, 0.5) is 5.69 Å². The van der Waals surface area contributed by atoms with E-state index in [2.05, 4.69) is 18.9 Å². The van der Waals surface area contributed by atoms with E-state index in [0.717, 1.165) is 6.42 Å². The van der Waals surface area contributed by atoms with Crippen molar-refractivity contribution in [2.24, 2.45) is 5.92 Å². The van der Waals surface area contributed by atoms with Gasteiger partial charge >= 0.3 is 5.97 Å². The maximum atomic E-state index is 12.0. The second kappa shape index (κ2) is 7.89. The van der Waals surface area contributed by atoms with Gasteiger partial charge in [0.25, 0.3) is 0 Å². The fraction of sp³-hybridized carbons (Fsp3) is 0.714. The van der Waals surface area contributed by atoms with Gasteiger partial charge in [0, 0.05) is 13.2 Å². The Morgan fingerprint density at radius 2 is 2.05 bits per heavy atom. The van der Waals surface area contributed by atoms with E-state index >= 15 is 0 Å². The molecule has 0 aromatic carbocycles. The van der Waals surface area contributed by atoms with Gasteiger partial charge in [-0.25, -0.2) is 4.79 Å². The quantitative estimate of drug-likeness (QED) is 0.583. The predicted octanol–water partition coefficient (Wildman–Crippen LogP) is 2.01. The summed E-state index contributed by atoms with van der Waals surface area (Å²) in [6, 6.07) is 0. The minimum atomic E-state index is -0.447. The summed E-state index contributed by atoms with van der Waals surface area (Å²) in [6.07, 6.45) is 1.00. The van der Waals surface area contributed by atoms with E-state index in [0.29, 0.717) is 42.8 Å². The van der Waals surface area contributed by atoms with Crippen LogP contribution in [0.15, 0.2) is 0 Å².